The highest BCUT2D eigenvalue weighted by Crippen LogP contribution is 2.39. The van der Waals surface area contributed by atoms with Crippen LogP contribution in [0.5, 0.6) is 23.0 Å². The summed E-state index contributed by atoms with van der Waals surface area (Å²) in [6, 6.07) is 27.4. The van der Waals surface area contributed by atoms with Gasteiger partial charge in [-0.2, -0.15) is 0 Å². The standard InChI is InChI=1S/C42H36N2O6/c45-39-27-3-1-4-28(39)18-32-12-24-14-34(42(32)48)20-30-6-2-5-29(40(30)46)19-33-13-23(11-31(17-27)41(33)47)15-35-21-37(43-49-35)25-7-9-26(10-8-25)38-22-36(16-24)50-44-38/h1-14,35-36,45-48H,15-22H2/t35-,36+. The average molecular weight is 665 g/mol. The van der Waals surface area contributed by atoms with E-state index in [-0.39, 0.29) is 60.9 Å². The van der Waals surface area contributed by atoms with Crippen LogP contribution in [-0.2, 0) is 48.2 Å². The number of benzene rings is 5. The van der Waals surface area contributed by atoms with Crippen molar-refractivity contribution >= 4 is 11.4 Å². The Morgan fingerprint density at radius 3 is 1.08 bits per heavy atom. The molecule has 12 rings (SSSR count). The van der Waals surface area contributed by atoms with Gasteiger partial charge in [0.2, 0.25) is 0 Å². The molecule has 0 fully saturated rings. The molecule has 250 valence electrons. The molecule has 2 atom stereocenters. The van der Waals surface area contributed by atoms with Crippen molar-refractivity contribution in [3.63, 3.8) is 0 Å². The Morgan fingerprint density at radius 1 is 0.420 bits per heavy atom. The van der Waals surface area contributed by atoms with E-state index in [2.05, 4.69) is 34.6 Å². The number of hydrogen-bond acceptors (Lipinski definition) is 8. The summed E-state index contributed by atoms with van der Waals surface area (Å²) in [6.45, 7) is 0. The summed E-state index contributed by atoms with van der Waals surface area (Å²) >= 11 is 0. The maximum atomic E-state index is 11.7. The average Bonchev–Trinajstić information content (AvgIpc) is 3.78. The molecule has 0 spiro atoms. The monoisotopic (exact) mass is 664 g/mol. The van der Waals surface area contributed by atoms with E-state index in [4.69, 9.17) is 9.68 Å². The van der Waals surface area contributed by atoms with Crippen LogP contribution >= 0.6 is 0 Å². The summed E-state index contributed by atoms with van der Waals surface area (Å²) in [7, 11) is 0. The van der Waals surface area contributed by atoms with Gasteiger partial charge in [-0.3, -0.25) is 0 Å². The maximum absolute atomic E-state index is 11.7. The van der Waals surface area contributed by atoms with Crippen LogP contribution in [0.1, 0.15) is 79.6 Å². The van der Waals surface area contributed by atoms with E-state index in [1.54, 1.807) is 0 Å². The van der Waals surface area contributed by atoms with Gasteiger partial charge in [-0.25, -0.2) is 0 Å². The van der Waals surface area contributed by atoms with Crippen LogP contribution in [0.25, 0.3) is 0 Å². The molecule has 8 nitrogen and oxygen atoms in total. The molecule has 0 saturated heterocycles. The number of nitrogens with zero attached hydrogens (tertiary/aromatic N) is 2. The van der Waals surface area contributed by atoms with E-state index in [0.717, 1.165) is 33.7 Å². The third kappa shape index (κ3) is 5.50. The molecule has 5 aromatic rings. The predicted octanol–water partition coefficient (Wildman–Crippen LogP) is 6.97. The van der Waals surface area contributed by atoms with Gasteiger partial charge in [0.15, 0.2) is 0 Å². The molecule has 0 radical (unpaired) electrons. The van der Waals surface area contributed by atoms with Gasteiger partial charge >= 0.3 is 0 Å². The van der Waals surface area contributed by atoms with E-state index in [1.165, 1.54) is 0 Å². The topological polar surface area (TPSA) is 124 Å². The van der Waals surface area contributed by atoms with Crippen molar-refractivity contribution in [1.82, 2.24) is 0 Å². The second kappa shape index (κ2) is 12.0. The summed E-state index contributed by atoms with van der Waals surface area (Å²) in [5.41, 5.74) is 11.0. The number of phenolic OH excluding ortho intramolecular Hbond substituents is 4. The molecule has 8 heteroatoms. The number of oxime groups is 2. The Bertz CT molecular complexity index is 1990. The first-order chi connectivity index (χ1) is 24.3. The summed E-state index contributed by atoms with van der Waals surface area (Å²) in [6.07, 6.45) is 3.17. The number of hydrogen-bond donors (Lipinski definition) is 4. The number of phenols is 4. The van der Waals surface area contributed by atoms with E-state index in [9.17, 15) is 20.4 Å². The van der Waals surface area contributed by atoms with Gasteiger partial charge in [-0.05, 0) is 66.8 Å². The van der Waals surface area contributed by atoms with Crippen molar-refractivity contribution in [3.05, 3.63) is 152 Å². The SMILES string of the molecule is Oc1c2cccc1Cc1cc3cc(c1O)Cc1cccc(c1O)Cc1cc(cc(c1O)C2)C[C@H]1CC(=NO1)c1ccc(cc1)C1=NO[C@@H](C1)C3. The first-order valence-electron chi connectivity index (χ1n) is 17.2. The van der Waals surface area contributed by atoms with Crippen LogP contribution in [0, 0.1) is 0 Å². The Labute approximate surface area is 289 Å². The largest absolute Gasteiger partial charge is 0.507 e. The smallest absolute Gasteiger partial charge is 0.137 e. The lowest BCUT2D eigenvalue weighted by Crippen LogP contribution is -2.13. The minimum Gasteiger partial charge on any atom is -0.507 e. The Kier molecular flexibility index (Phi) is 7.26. The van der Waals surface area contributed by atoms with Crippen molar-refractivity contribution in [2.24, 2.45) is 10.3 Å². The first kappa shape index (κ1) is 30.3. The summed E-state index contributed by atoms with van der Waals surface area (Å²) in [5.74, 6) is 0.549. The zero-order valence-corrected chi connectivity index (χ0v) is 27.4. The molecule has 5 aromatic carbocycles. The third-order valence-electron chi connectivity index (χ3n) is 10.5. The fourth-order valence-corrected chi connectivity index (χ4v) is 7.92. The number of rotatable bonds is 0. The summed E-state index contributed by atoms with van der Waals surface area (Å²) in [4.78, 5) is 11.9. The Morgan fingerprint density at radius 2 is 0.740 bits per heavy atom. The highest BCUT2D eigenvalue weighted by molar-refractivity contribution is 6.04. The van der Waals surface area contributed by atoms with Crippen molar-refractivity contribution in [1.29, 1.82) is 0 Å². The summed E-state index contributed by atoms with van der Waals surface area (Å²) in [5, 5.41) is 55.6. The lowest BCUT2D eigenvalue weighted by atomic mass is 9.88. The molecule has 0 saturated carbocycles. The van der Waals surface area contributed by atoms with E-state index < -0.39 is 0 Å². The number of para-hydroxylation sites is 2. The lowest BCUT2D eigenvalue weighted by molar-refractivity contribution is 0.0857. The minimum absolute atomic E-state index is 0.136. The zero-order chi connectivity index (χ0) is 33.9. The molecule has 0 aromatic heterocycles. The van der Waals surface area contributed by atoms with Crippen LogP contribution in [0.15, 0.2) is 95.2 Å². The van der Waals surface area contributed by atoms with Crippen molar-refractivity contribution < 1.29 is 30.1 Å². The molecule has 50 heavy (non-hydrogen) atoms. The van der Waals surface area contributed by atoms with Crippen LogP contribution < -0.4 is 0 Å². The van der Waals surface area contributed by atoms with Gasteiger partial charge in [0, 0.05) is 51.4 Å². The van der Waals surface area contributed by atoms with Crippen LogP contribution in [0.4, 0.5) is 0 Å². The highest BCUT2D eigenvalue weighted by atomic mass is 16.6. The zero-order valence-electron chi connectivity index (χ0n) is 27.4. The minimum atomic E-state index is -0.192. The van der Waals surface area contributed by atoms with Crippen molar-refractivity contribution in [3.8, 4) is 23.0 Å². The number of aromatic hydroxyl groups is 4. The molecule has 5 aliphatic carbocycles. The Balaban J connectivity index is 1.24. The van der Waals surface area contributed by atoms with Crippen LogP contribution in [0.3, 0.4) is 0 Å². The van der Waals surface area contributed by atoms with Gasteiger partial charge in [-0.1, -0.05) is 95.2 Å². The molecule has 0 unspecified atom stereocenters. The lowest BCUT2D eigenvalue weighted by Gasteiger charge is -2.19. The van der Waals surface area contributed by atoms with Gasteiger partial charge in [0.25, 0.3) is 0 Å². The third-order valence-corrected chi connectivity index (χ3v) is 10.5. The van der Waals surface area contributed by atoms with Gasteiger partial charge in [0.1, 0.15) is 35.2 Å². The molecule has 16 bridgehead atoms. The van der Waals surface area contributed by atoms with E-state index in [0.29, 0.717) is 70.2 Å². The van der Waals surface area contributed by atoms with E-state index in [1.807, 2.05) is 60.7 Å². The fourth-order valence-electron chi connectivity index (χ4n) is 7.92. The molecular weight excluding hydrogens is 628 g/mol. The molecule has 2 aliphatic heterocycles. The normalized spacial score (nSPS) is 19.0. The molecular formula is C42H36N2O6. The van der Waals surface area contributed by atoms with Crippen molar-refractivity contribution in [2.45, 2.75) is 63.6 Å². The van der Waals surface area contributed by atoms with Gasteiger partial charge in [0.05, 0.1) is 11.4 Å². The molecule has 2 heterocycles. The second-order valence-corrected chi connectivity index (χ2v) is 14.0. The van der Waals surface area contributed by atoms with Gasteiger partial charge < -0.3 is 30.1 Å². The van der Waals surface area contributed by atoms with Crippen LogP contribution in [-0.4, -0.2) is 44.1 Å². The van der Waals surface area contributed by atoms with E-state index >= 15 is 0 Å². The maximum Gasteiger partial charge on any atom is 0.137 e. The quantitative estimate of drug-likeness (QED) is 0.139. The first-order valence-corrected chi connectivity index (χ1v) is 17.2. The Hall–Kier alpha value is -5.76. The molecule has 4 N–H and O–H groups in total. The second-order valence-electron chi connectivity index (χ2n) is 14.0. The molecule has 7 aliphatic rings. The molecule has 0 amide bonds. The fraction of sp³-hybridized carbons (Fsp3) is 0.238. The van der Waals surface area contributed by atoms with Crippen molar-refractivity contribution in [2.75, 3.05) is 0 Å². The van der Waals surface area contributed by atoms with Gasteiger partial charge in [-0.15, -0.1) is 0 Å². The highest BCUT2D eigenvalue weighted by Gasteiger charge is 2.27. The summed E-state index contributed by atoms with van der Waals surface area (Å²) < 4.78 is 0. The predicted molar refractivity (Wildman–Crippen MR) is 190 cm³/mol. The van der Waals surface area contributed by atoms with Crippen LogP contribution in [0.2, 0.25) is 0 Å².